The predicted octanol–water partition coefficient (Wildman–Crippen LogP) is 3.50. The molecule has 0 radical (unpaired) electrons. The molecule has 2 aliphatic heterocycles. The lowest BCUT2D eigenvalue weighted by molar-refractivity contribution is -0.122. The molecule has 174 valence electrons. The largest absolute Gasteiger partial charge is 0.353 e. The van der Waals surface area contributed by atoms with Crippen molar-refractivity contribution < 1.29 is 4.79 Å². The Hall–Kier alpha value is -2.72. The summed E-state index contributed by atoms with van der Waals surface area (Å²) < 4.78 is 1.95. The molecule has 0 unspecified atom stereocenters. The van der Waals surface area contributed by atoms with E-state index in [1.54, 1.807) is 24.4 Å². The molecule has 4 heterocycles. The van der Waals surface area contributed by atoms with Gasteiger partial charge in [0.05, 0.1) is 17.0 Å². The molecule has 2 fully saturated rings. The van der Waals surface area contributed by atoms with E-state index in [-0.39, 0.29) is 18.0 Å². The Kier molecular flexibility index (Phi) is 6.44. The number of hydrogen-bond acceptors (Lipinski definition) is 7. The fraction of sp³-hybridized carbons (Fsp3) is 0.250. The number of halogens is 1. The van der Waals surface area contributed by atoms with Gasteiger partial charge in [-0.2, -0.15) is 0 Å². The number of amides is 1. The number of fused-ring (bicyclic) bond motifs is 1. The van der Waals surface area contributed by atoms with Crippen LogP contribution < -0.4 is 10.5 Å². The second-order valence-electron chi connectivity index (χ2n) is 8.23. The predicted molar refractivity (Wildman–Crippen MR) is 141 cm³/mol. The molecule has 5 rings (SSSR count). The Balaban J connectivity index is 1.55. The fourth-order valence-electron chi connectivity index (χ4n) is 4.04. The number of aromatic nitrogens is 2. The number of piperazine rings is 1. The maximum Gasteiger partial charge on any atom is 0.267 e. The number of anilines is 1. The van der Waals surface area contributed by atoms with E-state index in [0.717, 1.165) is 31.7 Å². The fourth-order valence-corrected chi connectivity index (χ4v) is 5.47. The van der Waals surface area contributed by atoms with Gasteiger partial charge in [-0.15, -0.1) is 0 Å². The topological polar surface area (TPSA) is 61.2 Å². The zero-order chi connectivity index (χ0) is 23.8. The Bertz CT molecular complexity index is 1380. The van der Waals surface area contributed by atoms with Crippen molar-refractivity contribution in [1.29, 1.82) is 0 Å². The summed E-state index contributed by atoms with van der Waals surface area (Å²) in [6.07, 6.45) is 3.34. The molecular weight excluding hydrogens is 490 g/mol. The molecule has 0 atom stereocenters. The lowest BCUT2D eigenvalue weighted by Crippen LogP contribution is -2.45. The molecule has 0 aliphatic carbocycles. The summed E-state index contributed by atoms with van der Waals surface area (Å²) in [6, 6.07) is 12.8. The Labute approximate surface area is 211 Å². The number of benzene rings is 1. The molecule has 7 nitrogen and oxygen atoms in total. The van der Waals surface area contributed by atoms with Gasteiger partial charge < -0.3 is 9.80 Å². The third kappa shape index (κ3) is 4.36. The van der Waals surface area contributed by atoms with Crippen molar-refractivity contribution >= 4 is 63.3 Å². The van der Waals surface area contributed by atoms with Crippen LogP contribution in [0.2, 0.25) is 5.02 Å². The highest BCUT2D eigenvalue weighted by atomic mass is 35.5. The van der Waals surface area contributed by atoms with Crippen molar-refractivity contribution in [2.24, 2.45) is 0 Å². The molecule has 10 heteroatoms. The van der Waals surface area contributed by atoms with Crippen LogP contribution in [0.3, 0.4) is 0 Å². The SMILES string of the molecule is CN1CCN(c2nc3ccccn3c(=O)c2C=C2SC(=S)N(Cc3ccccc3Cl)C2=O)CC1. The van der Waals surface area contributed by atoms with Crippen molar-refractivity contribution in [1.82, 2.24) is 19.2 Å². The van der Waals surface area contributed by atoms with E-state index in [4.69, 9.17) is 28.8 Å². The van der Waals surface area contributed by atoms with E-state index < -0.39 is 0 Å². The van der Waals surface area contributed by atoms with Gasteiger partial charge in [0, 0.05) is 37.4 Å². The Morgan fingerprint density at radius 2 is 1.82 bits per heavy atom. The number of pyridine rings is 1. The van der Waals surface area contributed by atoms with Crippen molar-refractivity contribution in [2.45, 2.75) is 6.54 Å². The van der Waals surface area contributed by atoms with Gasteiger partial charge in [0.25, 0.3) is 11.5 Å². The number of nitrogens with zero attached hydrogens (tertiary/aromatic N) is 5. The Morgan fingerprint density at radius 1 is 1.09 bits per heavy atom. The summed E-state index contributed by atoms with van der Waals surface area (Å²) in [6.45, 7) is 3.52. The van der Waals surface area contributed by atoms with Crippen molar-refractivity contribution in [2.75, 3.05) is 38.1 Å². The van der Waals surface area contributed by atoms with Gasteiger partial charge >= 0.3 is 0 Å². The summed E-state index contributed by atoms with van der Waals surface area (Å²) in [4.78, 5) is 37.9. The highest BCUT2D eigenvalue weighted by molar-refractivity contribution is 8.26. The third-order valence-corrected chi connectivity index (χ3v) is 7.73. The van der Waals surface area contributed by atoms with Crippen LogP contribution in [0.5, 0.6) is 0 Å². The number of carbonyl (C=O) groups is 1. The minimum atomic E-state index is -0.239. The molecule has 0 spiro atoms. The molecule has 2 aliphatic rings. The van der Waals surface area contributed by atoms with E-state index in [1.807, 2.05) is 30.3 Å². The third-order valence-electron chi connectivity index (χ3n) is 5.99. The van der Waals surface area contributed by atoms with Crippen molar-refractivity contribution in [3.8, 4) is 0 Å². The van der Waals surface area contributed by atoms with Gasteiger partial charge in [-0.3, -0.25) is 18.9 Å². The molecular formula is C24H22ClN5O2S2. The minimum absolute atomic E-state index is 0.212. The van der Waals surface area contributed by atoms with Crippen LogP contribution in [0, 0.1) is 0 Å². The molecule has 1 aromatic carbocycles. The van der Waals surface area contributed by atoms with Gasteiger partial charge in [0.15, 0.2) is 0 Å². The van der Waals surface area contributed by atoms with Crippen LogP contribution in [-0.4, -0.2) is 62.6 Å². The number of likely N-dealkylation sites (N-methyl/N-ethyl adjacent to an activating group) is 1. The second-order valence-corrected chi connectivity index (χ2v) is 10.3. The van der Waals surface area contributed by atoms with Gasteiger partial charge in [-0.05, 0) is 36.9 Å². The monoisotopic (exact) mass is 511 g/mol. The van der Waals surface area contributed by atoms with E-state index in [9.17, 15) is 9.59 Å². The van der Waals surface area contributed by atoms with Crippen LogP contribution in [0.1, 0.15) is 11.1 Å². The summed E-state index contributed by atoms with van der Waals surface area (Å²) in [5.74, 6) is 0.359. The lowest BCUT2D eigenvalue weighted by atomic mass is 10.2. The summed E-state index contributed by atoms with van der Waals surface area (Å²) >= 11 is 13.0. The van der Waals surface area contributed by atoms with Crippen LogP contribution in [0.25, 0.3) is 11.7 Å². The summed E-state index contributed by atoms with van der Waals surface area (Å²) in [5.41, 5.74) is 1.57. The first-order chi connectivity index (χ1) is 16.4. The molecule has 1 amide bonds. The average molecular weight is 512 g/mol. The number of thiocarbonyl (C=S) groups is 1. The molecule has 2 aromatic heterocycles. The average Bonchev–Trinajstić information content (AvgIpc) is 3.10. The quantitative estimate of drug-likeness (QED) is 0.392. The molecule has 0 saturated carbocycles. The van der Waals surface area contributed by atoms with Gasteiger partial charge in [-0.25, -0.2) is 4.98 Å². The number of thioether (sulfide) groups is 1. The Morgan fingerprint density at radius 3 is 2.59 bits per heavy atom. The lowest BCUT2D eigenvalue weighted by Gasteiger charge is -2.34. The van der Waals surface area contributed by atoms with E-state index in [0.29, 0.717) is 31.3 Å². The summed E-state index contributed by atoms with van der Waals surface area (Å²) in [7, 11) is 2.07. The number of carbonyl (C=O) groups excluding carboxylic acids is 1. The van der Waals surface area contributed by atoms with Crippen LogP contribution in [-0.2, 0) is 11.3 Å². The number of hydrogen-bond donors (Lipinski definition) is 0. The van der Waals surface area contributed by atoms with Crippen LogP contribution in [0.4, 0.5) is 5.82 Å². The van der Waals surface area contributed by atoms with Crippen LogP contribution in [0.15, 0.2) is 58.4 Å². The molecule has 3 aromatic rings. The first-order valence-corrected chi connectivity index (χ1v) is 12.5. The molecule has 0 N–H and O–H groups in total. The van der Waals surface area contributed by atoms with Crippen molar-refractivity contribution in [3.05, 3.63) is 80.1 Å². The van der Waals surface area contributed by atoms with Crippen molar-refractivity contribution in [3.63, 3.8) is 0 Å². The van der Waals surface area contributed by atoms with Crippen LogP contribution >= 0.6 is 35.6 Å². The zero-order valence-electron chi connectivity index (χ0n) is 18.5. The first kappa shape index (κ1) is 23.0. The maximum absolute atomic E-state index is 13.5. The molecule has 0 bridgehead atoms. The van der Waals surface area contributed by atoms with Gasteiger partial charge in [0.2, 0.25) is 0 Å². The van der Waals surface area contributed by atoms with Gasteiger partial charge in [0.1, 0.15) is 15.8 Å². The normalized spacial score (nSPS) is 18.5. The minimum Gasteiger partial charge on any atom is -0.353 e. The maximum atomic E-state index is 13.5. The summed E-state index contributed by atoms with van der Waals surface area (Å²) in [5, 5.41) is 0.579. The van der Waals surface area contributed by atoms with E-state index >= 15 is 0 Å². The zero-order valence-corrected chi connectivity index (χ0v) is 20.9. The van der Waals surface area contributed by atoms with E-state index in [2.05, 4.69) is 16.8 Å². The second kappa shape index (κ2) is 9.50. The molecule has 34 heavy (non-hydrogen) atoms. The highest BCUT2D eigenvalue weighted by Crippen LogP contribution is 2.35. The standard InChI is InChI=1S/C24H22ClN5O2S2/c1-27-10-12-28(13-11-27)21-17(22(31)29-9-5-4-8-20(29)26-21)14-19-23(32)30(24(33)34-19)15-16-6-2-3-7-18(16)25/h2-9,14H,10-13,15H2,1H3. The van der Waals surface area contributed by atoms with Gasteiger partial charge in [-0.1, -0.05) is 59.8 Å². The molecule has 2 saturated heterocycles. The number of rotatable bonds is 4. The smallest absolute Gasteiger partial charge is 0.267 e. The van der Waals surface area contributed by atoms with E-state index in [1.165, 1.54) is 21.1 Å². The highest BCUT2D eigenvalue weighted by Gasteiger charge is 2.33. The first-order valence-electron chi connectivity index (χ1n) is 10.9.